The number of piperidine rings is 1. The summed E-state index contributed by atoms with van der Waals surface area (Å²) < 4.78 is 2.14. The summed E-state index contributed by atoms with van der Waals surface area (Å²) in [5.41, 5.74) is 2.79. The molecule has 4 rings (SSSR count). The Hall–Kier alpha value is -2.41. The Bertz CT molecular complexity index is 889. The van der Waals surface area contributed by atoms with Crippen LogP contribution in [-0.2, 0) is 6.54 Å². The molecule has 3 heterocycles. The van der Waals surface area contributed by atoms with E-state index in [0.29, 0.717) is 0 Å². The highest BCUT2D eigenvalue weighted by atomic mass is 32.1. The molecule has 136 valence electrons. The number of carbonyl (C=O) groups is 1. The van der Waals surface area contributed by atoms with Crippen molar-refractivity contribution in [1.29, 1.82) is 0 Å². The van der Waals surface area contributed by atoms with Crippen molar-refractivity contribution >= 4 is 34.1 Å². The van der Waals surface area contributed by atoms with Gasteiger partial charge in [0.15, 0.2) is 0 Å². The van der Waals surface area contributed by atoms with E-state index in [2.05, 4.69) is 26.8 Å². The number of hydrogen-bond donors (Lipinski definition) is 1. The maximum atomic E-state index is 12.9. The number of anilines is 1. The number of aromatic nitrogens is 3. The molecule has 1 saturated heterocycles. The molecule has 0 radical (unpaired) electrons. The second kappa shape index (κ2) is 7.45. The average molecular weight is 369 g/mol. The van der Waals surface area contributed by atoms with E-state index < -0.39 is 0 Å². The highest BCUT2D eigenvalue weighted by molar-refractivity contribution is 7.09. The molecule has 1 aliphatic rings. The van der Waals surface area contributed by atoms with Gasteiger partial charge in [0.05, 0.1) is 23.4 Å². The Morgan fingerprint density at radius 3 is 3.08 bits per heavy atom. The lowest BCUT2D eigenvalue weighted by atomic mass is 10.0. The lowest BCUT2D eigenvalue weighted by molar-refractivity contribution is 0.163. The van der Waals surface area contributed by atoms with E-state index in [1.807, 2.05) is 41.0 Å². The summed E-state index contributed by atoms with van der Waals surface area (Å²) in [5.74, 6) is 0. The number of nitrogens with one attached hydrogen (secondary N) is 1. The van der Waals surface area contributed by atoms with Crippen molar-refractivity contribution < 1.29 is 4.79 Å². The summed E-state index contributed by atoms with van der Waals surface area (Å²) in [4.78, 5) is 23.7. The van der Waals surface area contributed by atoms with E-state index >= 15 is 0 Å². The van der Waals surface area contributed by atoms with Gasteiger partial charge in [-0.2, -0.15) is 0 Å². The minimum Gasteiger partial charge on any atom is -0.331 e. The van der Waals surface area contributed by atoms with Gasteiger partial charge in [0.25, 0.3) is 0 Å². The number of benzene rings is 1. The molecule has 7 heteroatoms. The Kier molecular flexibility index (Phi) is 4.88. The third kappa shape index (κ3) is 3.31. The SMILES string of the molecule is CCCn1cnc2cc(NC(=O)N3CCCC[C@H]3c3nccs3)ccc21. The van der Waals surface area contributed by atoms with Gasteiger partial charge in [-0.1, -0.05) is 6.92 Å². The molecule has 2 amide bonds. The Morgan fingerprint density at radius 1 is 1.35 bits per heavy atom. The van der Waals surface area contributed by atoms with Gasteiger partial charge in [-0.25, -0.2) is 14.8 Å². The van der Waals surface area contributed by atoms with Crippen LogP contribution in [0.25, 0.3) is 11.0 Å². The number of nitrogens with zero attached hydrogens (tertiary/aromatic N) is 4. The summed E-state index contributed by atoms with van der Waals surface area (Å²) >= 11 is 1.62. The van der Waals surface area contributed by atoms with E-state index in [4.69, 9.17) is 0 Å². The smallest absolute Gasteiger partial charge is 0.322 e. The number of hydrogen-bond acceptors (Lipinski definition) is 4. The maximum absolute atomic E-state index is 12.9. The fourth-order valence-corrected chi connectivity index (χ4v) is 4.37. The van der Waals surface area contributed by atoms with Gasteiger partial charge in [0.1, 0.15) is 5.01 Å². The van der Waals surface area contributed by atoms with Gasteiger partial charge in [0.2, 0.25) is 0 Å². The molecule has 0 unspecified atom stereocenters. The van der Waals surface area contributed by atoms with E-state index in [9.17, 15) is 4.79 Å². The van der Waals surface area contributed by atoms with Crippen LogP contribution in [0, 0.1) is 0 Å². The predicted molar refractivity (Wildman–Crippen MR) is 104 cm³/mol. The Balaban J connectivity index is 1.52. The molecule has 1 N–H and O–H groups in total. The number of imidazole rings is 1. The van der Waals surface area contributed by atoms with Crippen LogP contribution in [0.3, 0.4) is 0 Å². The number of urea groups is 1. The van der Waals surface area contributed by atoms with Gasteiger partial charge in [-0.3, -0.25) is 0 Å². The van der Waals surface area contributed by atoms with E-state index in [1.54, 1.807) is 11.3 Å². The first-order valence-electron chi connectivity index (χ1n) is 9.18. The third-order valence-corrected chi connectivity index (χ3v) is 5.71. The number of rotatable bonds is 4. The molecule has 6 nitrogen and oxygen atoms in total. The van der Waals surface area contributed by atoms with Crippen LogP contribution < -0.4 is 5.32 Å². The fourth-order valence-electron chi connectivity index (χ4n) is 3.59. The minimum absolute atomic E-state index is 0.0581. The monoisotopic (exact) mass is 369 g/mol. The molecule has 3 aromatic rings. The molecular weight excluding hydrogens is 346 g/mol. The number of likely N-dealkylation sites (tertiary alicyclic amines) is 1. The molecule has 0 aliphatic carbocycles. The quantitative estimate of drug-likeness (QED) is 0.727. The van der Waals surface area contributed by atoms with Crippen molar-refractivity contribution in [2.24, 2.45) is 0 Å². The first kappa shape index (κ1) is 17.0. The van der Waals surface area contributed by atoms with Crippen molar-refractivity contribution in [2.45, 2.75) is 45.2 Å². The maximum Gasteiger partial charge on any atom is 0.322 e. The highest BCUT2D eigenvalue weighted by Crippen LogP contribution is 2.32. The van der Waals surface area contributed by atoms with Crippen LogP contribution in [-0.4, -0.2) is 32.0 Å². The van der Waals surface area contributed by atoms with Gasteiger partial charge >= 0.3 is 6.03 Å². The molecule has 1 atom stereocenters. The van der Waals surface area contributed by atoms with Crippen LogP contribution >= 0.6 is 11.3 Å². The Morgan fingerprint density at radius 2 is 2.27 bits per heavy atom. The lowest BCUT2D eigenvalue weighted by Crippen LogP contribution is -2.41. The van der Waals surface area contributed by atoms with Crippen LogP contribution in [0.4, 0.5) is 10.5 Å². The van der Waals surface area contributed by atoms with Crippen molar-refractivity contribution in [2.75, 3.05) is 11.9 Å². The molecule has 0 saturated carbocycles. The number of aryl methyl sites for hydroxylation is 1. The van der Waals surface area contributed by atoms with Crippen LogP contribution in [0.2, 0.25) is 0 Å². The third-order valence-electron chi connectivity index (χ3n) is 4.84. The first-order chi connectivity index (χ1) is 12.8. The minimum atomic E-state index is -0.0581. The van der Waals surface area contributed by atoms with Crippen molar-refractivity contribution in [3.8, 4) is 0 Å². The van der Waals surface area contributed by atoms with Crippen LogP contribution in [0.15, 0.2) is 36.1 Å². The van der Waals surface area contributed by atoms with Crippen molar-refractivity contribution in [3.05, 3.63) is 41.1 Å². The van der Waals surface area contributed by atoms with Crippen molar-refractivity contribution in [3.63, 3.8) is 0 Å². The van der Waals surface area contributed by atoms with Crippen molar-refractivity contribution in [1.82, 2.24) is 19.4 Å². The summed E-state index contributed by atoms with van der Waals surface area (Å²) in [6.45, 7) is 3.87. The standard InChI is InChI=1S/C19H23N5OS/c1-2-9-23-13-21-15-12-14(6-7-16(15)23)22-19(25)24-10-4-3-5-17(24)18-20-8-11-26-18/h6-8,11-13,17H,2-5,9-10H2,1H3,(H,22,25)/t17-/m0/s1. The number of amides is 2. The van der Waals surface area contributed by atoms with E-state index in [-0.39, 0.29) is 12.1 Å². The summed E-state index contributed by atoms with van der Waals surface area (Å²) in [6, 6.07) is 5.95. The zero-order valence-corrected chi connectivity index (χ0v) is 15.7. The molecule has 1 fully saturated rings. The molecule has 26 heavy (non-hydrogen) atoms. The van der Waals surface area contributed by atoms with Gasteiger partial charge in [-0.15, -0.1) is 11.3 Å². The number of carbonyl (C=O) groups excluding carboxylic acids is 1. The van der Waals surface area contributed by atoms with Gasteiger partial charge in [-0.05, 0) is 43.9 Å². The number of fused-ring (bicyclic) bond motifs is 1. The molecule has 1 aromatic carbocycles. The fraction of sp³-hybridized carbons (Fsp3) is 0.421. The largest absolute Gasteiger partial charge is 0.331 e. The van der Waals surface area contributed by atoms with Crippen LogP contribution in [0.1, 0.15) is 43.7 Å². The molecule has 1 aliphatic heterocycles. The molecule has 0 bridgehead atoms. The highest BCUT2D eigenvalue weighted by Gasteiger charge is 2.29. The zero-order chi connectivity index (χ0) is 17.9. The lowest BCUT2D eigenvalue weighted by Gasteiger charge is -2.34. The van der Waals surface area contributed by atoms with E-state index in [0.717, 1.165) is 60.5 Å². The predicted octanol–water partition coefficient (Wildman–Crippen LogP) is 4.66. The summed E-state index contributed by atoms with van der Waals surface area (Å²) in [7, 11) is 0. The Labute approximate surface area is 156 Å². The number of thiazole rings is 1. The zero-order valence-electron chi connectivity index (χ0n) is 14.9. The summed E-state index contributed by atoms with van der Waals surface area (Å²) in [6.07, 6.45) is 7.89. The molecule has 2 aromatic heterocycles. The molecule has 0 spiro atoms. The second-order valence-corrected chi connectivity index (χ2v) is 7.57. The molecular formula is C19H23N5OS. The van der Waals surface area contributed by atoms with Gasteiger partial charge < -0.3 is 14.8 Å². The van der Waals surface area contributed by atoms with Crippen LogP contribution in [0.5, 0.6) is 0 Å². The van der Waals surface area contributed by atoms with E-state index in [1.165, 1.54) is 0 Å². The van der Waals surface area contributed by atoms with Gasteiger partial charge in [0, 0.05) is 30.4 Å². The first-order valence-corrected chi connectivity index (χ1v) is 10.1. The topological polar surface area (TPSA) is 63.1 Å². The summed E-state index contributed by atoms with van der Waals surface area (Å²) in [5, 5.41) is 6.05. The second-order valence-electron chi connectivity index (χ2n) is 6.65. The normalized spacial score (nSPS) is 17.6. The average Bonchev–Trinajstić information content (AvgIpc) is 3.32.